The van der Waals surface area contributed by atoms with Gasteiger partial charge in [0.05, 0.1) is 5.39 Å². The molecule has 25 heavy (non-hydrogen) atoms. The van der Waals surface area contributed by atoms with Crippen LogP contribution in [0.25, 0.3) is 21.3 Å². The highest BCUT2D eigenvalue weighted by Gasteiger charge is 2.26. The van der Waals surface area contributed by atoms with Gasteiger partial charge in [-0.05, 0) is 25.3 Å². The number of aryl methyl sites for hydroxylation is 1. The maximum absolute atomic E-state index is 11.4. The van der Waals surface area contributed by atoms with E-state index in [1.54, 1.807) is 11.3 Å². The number of carbonyl (C=O) groups excluding carboxylic acids is 1. The number of thiophene rings is 1. The van der Waals surface area contributed by atoms with E-state index in [1.807, 2.05) is 25.1 Å². The Hall–Kier alpha value is -2.47. The maximum atomic E-state index is 11.4. The van der Waals surface area contributed by atoms with Gasteiger partial charge in [0.25, 0.3) is 0 Å². The second-order valence-corrected chi connectivity index (χ2v) is 7.31. The van der Waals surface area contributed by atoms with Crippen LogP contribution in [0.2, 0.25) is 0 Å². The lowest BCUT2D eigenvalue weighted by atomic mass is 9.96. The molecular weight excluding hydrogens is 332 g/mol. The predicted molar refractivity (Wildman–Crippen MR) is 102 cm³/mol. The van der Waals surface area contributed by atoms with Crippen molar-refractivity contribution < 1.29 is 4.79 Å². The summed E-state index contributed by atoms with van der Waals surface area (Å²) in [5.74, 6) is 1.54. The summed E-state index contributed by atoms with van der Waals surface area (Å²) < 4.78 is 0. The van der Waals surface area contributed by atoms with Crippen LogP contribution in [0, 0.1) is 12.8 Å². The van der Waals surface area contributed by atoms with Gasteiger partial charge < -0.3 is 10.6 Å². The Labute approximate surface area is 150 Å². The van der Waals surface area contributed by atoms with Crippen LogP contribution in [-0.2, 0) is 4.79 Å². The Morgan fingerprint density at radius 1 is 1.20 bits per heavy atom. The van der Waals surface area contributed by atoms with Crippen LogP contribution in [0.5, 0.6) is 0 Å². The maximum Gasteiger partial charge on any atom is 0.220 e. The van der Waals surface area contributed by atoms with Crippen molar-refractivity contribution in [2.24, 2.45) is 11.7 Å². The highest BCUT2D eigenvalue weighted by Crippen LogP contribution is 2.39. The van der Waals surface area contributed by atoms with Gasteiger partial charge in [-0.25, -0.2) is 9.97 Å². The number of fused-ring (bicyclic) bond motifs is 1. The first-order valence-electron chi connectivity index (χ1n) is 8.49. The van der Waals surface area contributed by atoms with Gasteiger partial charge in [-0.2, -0.15) is 0 Å². The minimum atomic E-state index is -0.191. The monoisotopic (exact) mass is 352 g/mol. The molecule has 1 fully saturated rings. The zero-order chi connectivity index (χ0) is 17.4. The molecule has 0 radical (unpaired) electrons. The Morgan fingerprint density at radius 3 is 2.60 bits per heavy atom. The summed E-state index contributed by atoms with van der Waals surface area (Å²) in [6.45, 7) is 3.52. The van der Waals surface area contributed by atoms with Crippen LogP contribution < -0.4 is 10.6 Å². The summed E-state index contributed by atoms with van der Waals surface area (Å²) in [5, 5.41) is 3.27. The summed E-state index contributed by atoms with van der Waals surface area (Å²) in [5.41, 5.74) is 7.82. The van der Waals surface area contributed by atoms with Gasteiger partial charge in [0.15, 0.2) is 0 Å². The molecule has 1 saturated heterocycles. The first-order valence-corrected chi connectivity index (χ1v) is 9.37. The number of hydrogen-bond donors (Lipinski definition) is 1. The third kappa shape index (κ3) is 2.98. The molecule has 3 aromatic rings. The van der Waals surface area contributed by atoms with Crippen molar-refractivity contribution >= 4 is 33.3 Å². The third-order valence-electron chi connectivity index (χ3n) is 4.81. The van der Waals surface area contributed by atoms with Gasteiger partial charge in [0.2, 0.25) is 5.91 Å². The van der Waals surface area contributed by atoms with Gasteiger partial charge in [0, 0.05) is 30.0 Å². The Morgan fingerprint density at radius 2 is 1.92 bits per heavy atom. The molecule has 2 aromatic heterocycles. The molecule has 0 unspecified atom stereocenters. The van der Waals surface area contributed by atoms with E-state index in [-0.39, 0.29) is 11.8 Å². The number of benzene rings is 1. The number of nitrogens with zero attached hydrogens (tertiary/aromatic N) is 3. The smallest absolute Gasteiger partial charge is 0.220 e. The first-order chi connectivity index (χ1) is 12.1. The lowest BCUT2D eigenvalue weighted by molar-refractivity contribution is -0.122. The quantitative estimate of drug-likeness (QED) is 0.784. The van der Waals surface area contributed by atoms with Crippen molar-refractivity contribution in [3.05, 3.63) is 41.5 Å². The van der Waals surface area contributed by atoms with Crippen LogP contribution >= 0.6 is 11.3 Å². The number of anilines is 1. The highest BCUT2D eigenvalue weighted by molar-refractivity contribution is 7.17. The molecule has 1 aliphatic heterocycles. The number of nitrogens with two attached hydrogens (primary N) is 1. The van der Waals surface area contributed by atoms with Crippen LogP contribution in [0.15, 0.2) is 35.7 Å². The molecule has 6 heteroatoms. The third-order valence-corrected chi connectivity index (χ3v) is 5.68. The van der Waals surface area contributed by atoms with Crippen LogP contribution in [0.4, 0.5) is 5.82 Å². The van der Waals surface area contributed by atoms with Crippen LogP contribution in [0.3, 0.4) is 0 Å². The molecule has 128 valence electrons. The van der Waals surface area contributed by atoms with Crippen LogP contribution in [0.1, 0.15) is 18.7 Å². The minimum absolute atomic E-state index is 0.0225. The van der Waals surface area contributed by atoms with Crippen molar-refractivity contribution in [3.63, 3.8) is 0 Å². The number of carbonyl (C=O) groups is 1. The molecule has 0 bridgehead atoms. The van der Waals surface area contributed by atoms with E-state index in [0.717, 1.165) is 47.8 Å². The SMILES string of the molecule is Cc1nc(N2CCC(C(N)=O)CC2)c2c(-c3ccccc3)csc2n1. The number of hydrogen-bond acceptors (Lipinski definition) is 5. The van der Waals surface area contributed by atoms with Gasteiger partial charge in [-0.1, -0.05) is 30.3 Å². The summed E-state index contributed by atoms with van der Waals surface area (Å²) >= 11 is 1.65. The van der Waals surface area contributed by atoms with Gasteiger partial charge in [-0.3, -0.25) is 4.79 Å². The standard InChI is InChI=1S/C19H20N4OS/c1-12-21-18(23-9-7-14(8-10-23)17(20)24)16-15(11-25-19(16)22-12)13-5-3-2-4-6-13/h2-6,11,14H,7-10H2,1H3,(H2,20,24). The van der Waals surface area contributed by atoms with E-state index in [0.29, 0.717) is 0 Å². The molecule has 5 nitrogen and oxygen atoms in total. The van der Waals surface area contributed by atoms with E-state index in [2.05, 4.69) is 27.4 Å². The molecule has 1 aromatic carbocycles. The molecule has 0 aliphatic carbocycles. The molecule has 1 amide bonds. The van der Waals surface area contributed by atoms with E-state index >= 15 is 0 Å². The molecule has 4 rings (SSSR count). The first kappa shape index (κ1) is 16.0. The summed E-state index contributed by atoms with van der Waals surface area (Å²) in [4.78, 5) is 24.1. The molecule has 0 atom stereocenters. The summed E-state index contributed by atoms with van der Waals surface area (Å²) in [7, 11) is 0. The second-order valence-electron chi connectivity index (χ2n) is 6.45. The Balaban J connectivity index is 1.78. The number of amides is 1. The van der Waals surface area contributed by atoms with Crippen molar-refractivity contribution in [2.75, 3.05) is 18.0 Å². The molecule has 0 saturated carbocycles. The van der Waals surface area contributed by atoms with Gasteiger partial charge in [0.1, 0.15) is 16.5 Å². The number of aromatic nitrogens is 2. The fourth-order valence-corrected chi connectivity index (χ4v) is 4.45. The summed E-state index contributed by atoms with van der Waals surface area (Å²) in [6, 6.07) is 10.3. The van der Waals surface area contributed by atoms with Crippen molar-refractivity contribution in [1.29, 1.82) is 0 Å². The average molecular weight is 352 g/mol. The van der Waals surface area contributed by atoms with Crippen LogP contribution in [-0.4, -0.2) is 29.0 Å². The fraction of sp³-hybridized carbons (Fsp3) is 0.316. The lowest BCUT2D eigenvalue weighted by Gasteiger charge is -2.32. The number of rotatable bonds is 3. The molecule has 3 heterocycles. The zero-order valence-electron chi connectivity index (χ0n) is 14.1. The predicted octanol–water partition coefficient (Wildman–Crippen LogP) is 3.37. The summed E-state index contributed by atoms with van der Waals surface area (Å²) in [6.07, 6.45) is 1.56. The van der Waals surface area contributed by atoms with Gasteiger partial charge >= 0.3 is 0 Å². The van der Waals surface area contributed by atoms with E-state index in [1.165, 1.54) is 11.1 Å². The normalized spacial score (nSPS) is 15.6. The van der Waals surface area contributed by atoms with Crippen molar-refractivity contribution in [3.8, 4) is 11.1 Å². The molecule has 2 N–H and O–H groups in total. The Bertz CT molecular complexity index is 914. The number of piperidine rings is 1. The largest absolute Gasteiger partial charge is 0.369 e. The van der Waals surface area contributed by atoms with Gasteiger partial charge in [-0.15, -0.1) is 11.3 Å². The van der Waals surface area contributed by atoms with Crippen molar-refractivity contribution in [1.82, 2.24) is 9.97 Å². The second kappa shape index (κ2) is 6.44. The lowest BCUT2D eigenvalue weighted by Crippen LogP contribution is -2.39. The molecule has 0 spiro atoms. The Kier molecular flexibility index (Phi) is 4.13. The average Bonchev–Trinajstić information content (AvgIpc) is 3.05. The van der Waals surface area contributed by atoms with E-state index < -0.39 is 0 Å². The van der Waals surface area contributed by atoms with E-state index in [4.69, 9.17) is 10.7 Å². The fourth-order valence-electron chi connectivity index (χ4n) is 3.46. The molecular formula is C19H20N4OS. The van der Waals surface area contributed by atoms with E-state index in [9.17, 15) is 4.79 Å². The molecule has 1 aliphatic rings. The van der Waals surface area contributed by atoms with Crippen molar-refractivity contribution in [2.45, 2.75) is 19.8 Å². The minimum Gasteiger partial charge on any atom is -0.369 e. The zero-order valence-corrected chi connectivity index (χ0v) is 14.9. The highest BCUT2D eigenvalue weighted by atomic mass is 32.1. The number of primary amides is 1. The topological polar surface area (TPSA) is 72.1 Å².